The number of benzene rings is 1. The Morgan fingerprint density at radius 1 is 1.33 bits per heavy atom. The van der Waals surface area contributed by atoms with Crippen molar-refractivity contribution in [2.24, 2.45) is 0 Å². The molecular formula is C24H22ClFN4O3. The first-order valence-corrected chi connectivity index (χ1v) is 11.0. The molecule has 0 unspecified atom stereocenters. The maximum absolute atomic E-state index is 14.7. The SMILES string of the molecule is Cc1c(C2CCOCC2)nc2c([C@@H](C)Nc3ccc(Cl)nc3C(=O)O)cc(F)cc2c1C#N. The molecule has 0 saturated carbocycles. The van der Waals surface area contributed by atoms with E-state index in [0.29, 0.717) is 35.2 Å². The summed E-state index contributed by atoms with van der Waals surface area (Å²) >= 11 is 5.85. The molecule has 0 spiro atoms. The highest BCUT2D eigenvalue weighted by molar-refractivity contribution is 6.29. The fourth-order valence-corrected chi connectivity index (χ4v) is 4.49. The van der Waals surface area contributed by atoms with E-state index in [1.165, 1.54) is 24.3 Å². The Kier molecular flexibility index (Phi) is 6.45. The van der Waals surface area contributed by atoms with Crippen molar-refractivity contribution in [1.82, 2.24) is 9.97 Å². The van der Waals surface area contributed by atoms with Crippen LogP contribution in [0.4, 0.5) is 10.1 Å². The largest absolute Gasteiger partial charge is 0.476 e. The van der Waals surface area contributed by atoms with Gasteiger partial charge in [0.25, 0.3) is 0 Å². The average Bonchev–Trinajstić information content (AvgIpc) is 2.79. The van der Waals surface area contributed by atoms with Crippen molar-refractivity contribution in [3.63, 3.8) is 0 Å². The van der Waals surface area contributed by atoms with Crippen LogP contribution in [-0.2, 0) is 4.74 Å². The van der Waals surface area contributed by atoms with E-state index in [9.17, 15) is 19.6 Å². The summed E-state index contributed by atoms with van der Waals surface area (Å²) in [5.74, 6) is -1.59. The highest BCUT2D eigenvalue weighted by Crippen LogP contribution is 2.36. The summed E-state index contributed by atoms with van der Waals surface area (Å²) in [6.45, 7) is 4.87. The van der Waals surface area contributed by atoms with Gasteiger partial charge in [-0.2, -0.15) is 5.26 Å². The number of hydrogen-bond donors (Lipinski definition) is 2. The molecule has 3 aromatic rings. The van der Waals surface area contributed by atoms with Crippen LogP contribution >= 0.6 is 11.6 Å². The van der Waals surface area contributed by atoms with Gasteiger partial charge in [0, 0.05) is 35.8 Å². The number of halogens is 2. The minimum absolute atomic E-state index is 0.0544. The number of anilines is 1. The van der Waals surface area contributed by atoms with Gasteiger partial charge in [-0.05, 0) is 56.5 Å². The topological polar surface area (TPSA) is 108 Å². The Morgan fingerprint density at radius 2 is 2.06 bits per heavy atom. The van der Waals surface area contributed by atoms with Gasteiger partial charge in [0.05, 0.1) is 22.8 Å². The molecule has 170 valence electrons. The van der Waals surface area contributed by atoms with Crippen LogP contribution in [0.1, 0.15) is 64.6 Å². The third kappa shape index (κ3) is 4.47. The van der Waals surface area contributed by atoms with E-state index in [-0.39, 0.29) is 22.5 Å². The predicted molar refractivity (Wildman–Crippen MR) is 122 cm³/mol. The maximum Gasteiger partial charge on any atom is 0.356 e. The van der Waals surface area contributed by atoms with Gasteiger partial charge >= 0.3 is 5.97 Å². The van der Waals surface area contributed by atoms with Crippen molar-refractivity contribution in [3.8, 4) is 6.07 Å². The van der Waals surface area contributed by atoms with E-state index in [2.05, 4.69) is 16.4 Å². The van der Waals surface area contributed by atoms with Crippen LogP contribution in [0.15, 0.2) is 24.3 Å². The number of carboxylic acids is 1. The van der Waals surface area contributed by atoms with E-state index in [1.54, 1.807) is 6.92 Å². The van der Waals surface area contributed by atoms with E-state index in [1.807, 2.05) is 6.92 Å². The van der Waals surface area contributed by atoms with Crippen LogP contribution in [0.25, 0.3) is 10.9 Å². The summed E-state index contributed by atoms with van der Waals surface area (Å²) < 4.78 is 20.1. The van der Waals surface area contributed by atoms with Crippen molar-refractivity contribution >= 4 is 34.2 Å². The first-order chi connectivity index (χ1) is 15.8. The van der Waals surface area contributed by atoms with Crippen molar-refractivity contribution in [3.05, 3.63) is 63.3 Å². The lowest BCUT2D eigenvalue weighted by molar-refractivity contribution is 0.0691. The molecule has 1 aliphatic rings. The summed E-state index contributed by atoms with van der Waals surface area (Å²) in [7, 11) is 0. The lowest BCUT2D eigenvalue weighted by atomic mass is 9.89. The second kappa shape index (κ2) is 9.30. The lowest BCUT2D eigenvalue weighted by Crippen LogP contribution is -2.18. The normalized spacial score (nSPS) is 15.2. The van der Waals surface area contributed by atoms with Gasteiger partial charge in [0.1, 0.15) is 17.0 Å². The van der Waals surface area contributed by atoms with Gasteiger partial charge in [0.15, 0.2) is 5.69 Å². The fourth-order valence-electron chi connectivity index (χ4n) is 4.34. The number of fused-ring (bicyclic) bond motifs is 1. The predicted octanol–water partition coefficient (Wildman–Crippen LogP) is 5.37. The molecule has 7 nitrogen and oxygen atoms in total. The van der Waals surface area contributed by atoms with E-state index < -0.39 is 17.8 Å². The zero-order valence-corrected chi connectivity index (χ0v) is 18.9. The quantitative estimate of drug-likeness (QED) is 0.484. The number of ether oxygens (including phenoxy) is 1. The molecule has 3 heterocycles. The van der Waals surface area contributed by atoms with Gasteiger partial charge in [-0.3, -0.25) is 4.98 Å². The Balaban J connectivity index is 1.85. The molecule has 1 aromatic carbocycles. The molecule has 1 fully saturated rings. The molecule has 1 atom stereocenters. The van der Waals surface area contributed by atoms with Crippen molar-refractivity contribution in [2.45, 2.75) is 38.6 Å². The lowest BCUT2D eigenvalue weighted by Gasteiger charge is -2.25. The summed E-state index contributed by atoms with van der Waals surface area (Å²) in [6.07, 6.45) is 1.60. The van der Waals surface area contributed by atoms with Gasteiger partial charge in [-0.25, -0.2) is 14.2 Å². The van der Waals surface area contributed by atoms with Crippen LogP contribution in [0, 0.1) is 24.1 Å². The van der Waals surface area contributed by atoms with E-state index in [0.717, 1.165) is 24.1 Å². The Morgan fingerprint density at radius 3 is 2.73 bits per heavy atom. The molecule has 9 heteroatoms. The molecule has 0 radical (unpaired) electrons. The highest BCUT2D eigenvalue weighted by Gasteiger charge is 2.25. The highest BCUT2D eigenvalue weighted by atomic mass is 35.5. The molecule has 2 aromatic heterocycles. The summed E-state index contributed by atoms with van der Waals surface area (Å²) in [5, 5.41) is 23.0. The van der Waals surface area contributed by atoms with Crippen LogP contribution < -0.4 is 5.32 Å². The number of rotatable bonds is 5. The zero-order chi connectivity index (χ0) is 23.7. The smallest absolute Gasteiger partial charge is 0.356 e. The minimum Gasteiger partial charge on any atom is -0.476 e. The van der Waals surface area contributed by atoms with Crippen LogP contribution in [0.3, 0.4) is 0 Å². The third-order valence-corrected chi connectivity index (χ3v) is 6.20. The van der Waals surface area contributed by atoms with E-state index in [4.69, 9.17) is 21.3 Å². The number of hydrogen-bond acceptors (Lipinski definition) is 6. The molecule has 0 bridgehead atoms. The van der Waals surface area contributed by atoms with Gasteiger partial charge in [-0.1, -0.05) is 11.6 Å². The first-order valence-electron chi connectivity index (χ1n) is 10.6. The Hall–Kier alpha value is -3.28. The van der Waals surface area contributed by atoms with Crippen molar-refractivity contribution in [1.29, 1.82) is 5.26 Å². The van der Waals surface area contributed by atoms with Crippen molar-refractivity contribution < 1.29 is 19.0 Å². The standard InChI is InChI=1S/C24H22ClFN4O3/c1-12-18(11-27)17-10-15(26)9-16(22(17)30-21(12)14-5-7-33-8-6-14)13(2)28-19-3-4-20(25)29-23(19)24(31)32/h3-4,9-10,13-14,28H,5-8H2,1-2H3,(H,31,32)/t13-/m1/s1. The fraction of sp³-hybridized carbons (Fsp3) is 0.333. The van der Waals surface area contributed by atoms with Gasteiger partial charge in [-0.15, -0.1) is 0 Å². The summed E-state index contributed by atoms with van der Waals surface area (Å²) in [6, 6.07) is 7.38. The number of nitriles is 1. The second-order valence-electron chi connectivity index (χ2n) is 8.09. The summed E-state index contributed by atoms with van der Waals surface area (Å²) in [5.41, 5.74) is 3.01. The average molecular weight is 469 g/mol. The van der Waals surface area contributed by atoms with Crippen LogP contribution in [-0.4, -0.2) is 34.3 Å². The first kappa shape index (κ1) is 22.9. The zero-order valence-electron chi connectivity index (χ0n) is 18.2. The molecular weight excluding hydrogens is 447 g/mol. The van der Waals surface area contributed by atoms with Gasteiger partial charge in [0.2, 0.25) is 0 Å². The van der Waals surface area contributed by atoms with E-state index >= 15 is 0 Å². The number of nitrogens with zero attached hydrogens (tertiary/aromatic N) is 3. The Bertz CT molecular complexity index is 1290. The number of aromatic carboxylic acids is 1. The molecule has 1 saturated heterocycles. The second-order valence-corrected chi connectivity index (χ2v) is 8.48. The molecule has 0 amide bonds. The van der Waals surface area contributed by atoms with Crippen molar-refractivity contribution in [2.75, 3.05) is 18.5 Å². The molecule has 4 rings (SSSR count). The summed E-state index contributed by atoms with van der Waals surface area (Å²) in [4.78, 5) is 20.4. The molecule has 2 N–H and O–H groups in total. The number of pyridine rings is 2. The molecule has 0 aliphatic carbocycles. The number of carboxylic acid groups (broad SMARTS) is 1. The number of carbonyl (C=O) groups is 1. The minimum atomic E-state index is -1.24. The molecule has 1 aliphatic heterocycles. The molecule has 33 heavy (non-hydrogen) atoms. The third-order valence-electron chi connectivity index (χ3n) is 5.99. The van der Waals surface area contributed by atoms with Crippen LogP contribution in [0.5, 0.6) is 0 Å². The Labute approximate surface area is 195 Å². The maximum atomic E-state index is 14.7. The van der Waals surface area contributed by atoms with Crippen LogP contribution in [0.2, 0.25) is 5.15 Å². The number of aromatic nitrogens is 2. The van der Waals surface area contributed by atoms with Gasteiger partial charge < -0.3 is 15.2 Å². The monoisotopic (exact) mass is 468 g/mol. The number of nitrogens with one attached hydrogen (secondary N) is 1.